The van der Waals surface area contributed by atoms with Gasteiger partial charge < -0.3 is 15.0 Å². The van der Waals surface area contributed by atoms with Gasteiger partial charge in [-0.3, -0.25) is 0 Å². The maximum absolute atomic E-state index is 13.1. The number of carbonyl (C=O) groups excluding carboxylic acids is 1. The van der Waals surface area contributed by atoms with E-state index < -0.39 is 5.82 Å². The highest BCUT2D eigenvalue weighted by Gasteiger charge is 2.48. The van der Waals surface area contributed by atoms with Gasteiger partial charge in [-0.1, -0.05) is 11.6 Å². The first kappa shape index (κ1) is 14.1. The standard InChI is InChI=1S/C13H16ClFN2O2/c1-17(13(5-6-13)8-19-2)12(18)16-11-7-9(15)3-4-10(11)14/h3-4,7H,5-6,8H2,1-2H3,(H,16,18). The Kier molecular flexibility index (Phi) is 3.96. The maximum Gasteiger partial charge on any atom is 0.322 e. The van der Waals surface area contributed by atoms with E-state index in [4.69, 9.17) is 16.3 Å². The van der Waals surface area contributed by atoms with Crippen LogP contribution in [0.2, 0.25) is 5.02 Å². The summed E-state index contributed by atoms with van der Waals surface area (Å²) >= 11 is 5.91. The number of hydrogen-bond donors (Lipinski definition) is 1. The smallest absolute Gasteiger partial charge is 0.322 e. The van der Waals surface area contributed by atoms with Crippen molar-refractivity contribution in [3.8, 4) is 0 Å². The van der Waals surface area contributed by atoms with Crippen molar-refractivity contribution in [1.82, 2.24) is 4.90 Å². The lowest BCUT2D eigenvalue weighted by molar-refractivity contribution is 0.108. The molecule has 0 bridgehead atoms. The first-order valence-electron chi connectivity index (χ1n) is 5.97. The van der Waals surface area contributed by atoms with Gasteiger partial charge in [0.15, 0.2) is 0 Å². The predicted molar refractivity (Wildman–Crippen MR) is 72.0 cm³/mol. The summed E-state index contributed by atoms with van der Waals surface area (Å²) in [7, 11) is 3.31. The van der Waals surface area contributed by atoms with E-state index in [1.165, 1.54) is 18.2 Å². The molecule has 1 aromatic carbocycles. The zero-order chi connectivity index (χ0) is 14.0. The molecule has 0 spiro atoms. The number of carbonyl (C=O) groups is 1. The number of hydrogen-bond acceptors (Lipinski definition) is 2. The fourth-order valence-electron chi connectivity index (χ4n) is 2.00. The number of ether oxygens (including phenoxy) is 1. The van der Waals surface area contributed by atoms with Gasteiger partial charge in [0.1, 0.15) is 5.82 Å². The van der Waals surface area contributed by atoms with Crippen LogP contribution in [0.5, 0.6) is 0 Å². The van der Waals surface area contributed by atoms with Crippen LogP contribution in [-0.4, -0.2) is 37.2 Å². The van der Waals surface area contributed by atoms with Gasteiger partial charge in [0.05, 0.1) is 22.9 Å². The Balaban J connectivity index is 2.07. The summed E-state index contributed by atoms with van der Waals surface area (Å²) in [6.07, 6.45) is 1.81. The summed E-state index contributed by atoms with van der Waals surface area (Å²) in [5, 5.41) is 2.92. The van der Waals surface area contributed by atoms with Crippen LogP contribution in [0.3, 0.4) is 0 Å². The minimum Gasteiger partial charge on any atom is -0.382 e. The Labute approximate surface area is 116 Å². The number of methoxy groups -OCH3 is 1. The number of benzene rings is 1. The van der Waals surface area contributed by atoms with Crippen LogP contribution in [0.1, 0.15) is 12.8 Å². The lowest BCUT2D eigenvalue weighted by atomic mass is 10.2. The highest BCUT2D eigenvalue weighted by atomic mass is 35.5. The summed E-state index contributed by atoms with van der Waals surface area (Å²) in [6.45, 7) is 0.494. The van der Waals surface area contributed by atoms with Gasteiger partial charge in [0, 0.05) is 14.2 Å². The van der Waals surface area contributed by atoms with Gasteiger partial charge in [-0.15, -0.1) is 0 Å². The average Bonchev–Trinajstić information content (AvgIpc) is 3.14. The maximum atomic E-state index is 13.1. The Hall–Kier alpha value is -1.33. The van der Waals surface area contributed by atoms with E-state index in [0.29, 0.717) is 11.6 Å². The van der Waals surface area contributed by atoms with E-state index in [1.807, 2.05) is 0 Å². The molecule has 1 aromatic rings. The summed E-state index contributed by atoms with van der Waals surface area (Å²) in [6, 6.07) is 3.54. The summed E-state index contributed by atoms with van der Waals surface area (Å²) < 4.78 is 18.2. The second kappa shape index (κ2) is 5.35. The van der Waals surface area contributed by atoms with Gasteiger partial charge in [-0.25, -0.2) is 9.18 Å². The Morgan fingerprint density at radius 2 is 2.26 bits per heavy atom. The topological polar surface area (TPSA) is 41.6 Å². The summed E-state index contributed by atoms with van der Waals surface area (Å²) in [5.74, 6) is -0.444. The fraction of sp³-hybridized carbons (Fsp3) is 0.462. The van der Waals surface area contributed by atoms with E-state index >= 15 is 0 Å². The zero-order valence-electron chi connectivity index (χ0n) is 10.9. The molecule has 6 heteroatoms. The molecule has 1 N–H and O–H groups in total. The second-order valence-electron chi connectivity index (χ2n) is 4.77. The highest BCUT2D eigenvalue weighted by Crippen LogP contribution is 2.41. The van der Waals surface area contributed by atoms with E-state index in [-0.39, 0.29) is 17.3 Å². The lowest BCUT2D eigenvalue weighted by Crippen LogP contribution is -2.44. The normalized spacial score (nSPS) is 16.0. The molecule has 1 saturated carbocycles. The van der Waals surface area contributed by atoms with E-state index in [0.717, 1.165) is 12.8 Å². The zero-order valence-corrected chi connectivity index (χ0v) is 11.6. The van der Waals surface area contributed by atoms with Crippen molar-refractivity contribution >= 4 is 23.3 Å². The number of halogens is 2. The molecule has 0 heterocycles. The molecule has 1 fully saturated rings. The molecule has 0 radical (unpaired) electrons. The third-order valence-electron chi connectivity index (χ3n) is 3.43. The van der Waals surface area contributed by atoms with Crippen molar-refractivity contribution in [3.63, 3.8) is 0 Å². The summed E-state index contributed by atoms with van der Waals surface area (Å²) in [4.78, 5) is 13.7. The van der Waals surface area contributed by atoms with Gasteiger partial charge >= 0.3 is 6.03 Å². The SMILES string of the molecule is COCC1(N(C)C(=O)Nc2cc(F)ccc2Cl)CC1. The van der Waals surface area contributed by atoms with Crippen molar-refractivity contribution in [2.24, 2.45) is 0 Å². The first-order valence-corrected chi connectivity index (χ1v) is 6.35. The molecule has 1 aliphatic rings. The average molecular weight is 287 g/mol. The minimum absolute atomic E-state index is 0.237. The van der Waals surface area contributed by atoms with Gasteiger partial charge in [0.2, 0.25) is 0 Å². The number of urea groups is 1. The van der Waals surface area contributed by atoms with Crippen LogP contribution in [0.25, 0.3) is 0 Å². The van der Waals surface area contributed by atoms with Crippen LogP contribution < -0.4 is 5.32 Å². The summed E-state index contributed by atoms with van der Waals surface area (Å²) in [5.41, 5.74) is 0.0327. The third-order valence-corrected chi connectivity index (χ3v) is 3.76. The fourth-order valence-corrected chi connectivity index (χ4v) is 2.16. The van der Waals surface area contributed by atoms with Crippen LogP contribution in [0.4, 0.5) is 14.9 Å². The Bertz CT molecular complexity index is 492. The number of nitrogens with one attached hydrogen (secondary N) is 1. The Morgan fingerprint density at radius 1 is 1.58 bits per heavy atom. The second-order valence-corrected chi connectivity index (χ2v) is 5.18. The largest absolute Gasteiger partial charge is 0.382 e. The van der Waals surface area contributed by atoms with Crippen LogP contribution in [0.15, 0.2) is 18.2 Å². The van der Waals surface area contributed by atoms with Crippen molar-refractivity contribution < 1.29 is 13.9 Å². The van der Waals surface area contributed by atoms with Crippen molar-refractivity contribution in [2.45, 2.75) is 18.4 Å². The number of amides is 2. The molecule has 0 aliphatic heterocycles. The van der Waals surface area contributed by atoms with Gasteiger partial charge in [0.25, 0.3) is 0 Å². The number of rotatable bonds is 4. The van der Waals surface area contributed by atoms with Crippen LogP contribution in [0, 0.1) is 5.82 Å². The number of nitrogens with zero attached hydrogens (tertiary/aromatic N) is 1. The molecule has 1 aliphatic carbocycles. The van der Waals surface area contributed by atoms with Crippen LogP contribution in [-0.2, 0) is 4.74 Å². The molecule has 19 heavy (non-hydrogen) atoms. The quantitative estimate of drug-likeness (QED) is 0.924. The lowest BCUT2D eigenvalue weighted by Gasteiger charge is -2.27. The molecule has 0 atom stereocenters. The molecule has 0 saturated heterocycles. The first-order chi connectivity index (χ1) is 8.98. The molecule has 0 unspecified atom stereocenters. The minimum atomic E-state index is -0.444. The Morgan fingerprint density at radius 3 is 2.84 bits per heavy atom. The van der Waals surface area contributed by atoms with Crippen molar-refractivity contribution in [2.75, 3.05) is 26.1 Å². The monoisotopic (exact) mass is 286 g/mol. The van der Waals surface area contributed by atoms with Crippen molar-refractivity contribution in [1.29, 1.82) is 0 Å². The predicted octanol–water partition coefficient (Wildman–Crippen LogP) is 3.12. The van der Waals surface area contributed by atoms with Gasteiger partial charge in [-0.05, 0) is 31.0 Å². The third kappa shape index (κ3) is 2.98. The molecule has 104 valence electrons. The molecule has 2 amide bonds. The van der Waals surface area contributed by atoms with E-state index in [9.17, 15) is 9.18 Å². The molecule has 2 rings (SSSR count). The molecule has 4 nitrogen and oxygen atoms in total. The number of likely N-dealkylation sites (N-methyl/N-ethyl adjacent to an activating group) is 1. The van der Waals surface area contributed by atoms with Gasteiger partial charge in [-0.2, -0.15) is 0 Å². The van der Waals surface area contributed by atoms with Crippen molar-refractivity contribution in [3.05, 3.63) is 29.0 Å². The van der Waals surface area contributed by atoms with E-state index in [1.54, 1.807) is 19.1 Å². The molecule has 0 aromatic heterocycles. The number of anilines is 1. The molecular weight excluding hydrogens is 271 g/mol. The molecular formula is C13H16ClFN2O2. The van der Waals surface area contributed by atoms with Crippen LogP contribution >= 0.6 is 11.6 Å². The highest BCUT2D eigenvalue weighted by molar-refractivity contribution is 6.33. The van der Waals surface area contributed by atoms with E-state index in [2.05, 4.69) is 5.32 Å².